The summed E-state index contributed by atoms with van der Waals surface area (Å²) in [5.41, 5.74) is 1.32. The van der Waals surface area contributed by atoms with Crippen LogP contribution in [-0.2, 0) is 9.59 Å². The Balaban J connectivity index is 1.81. The molecule has 2 N–H and O–H groups in total. The molecule has 0 radical (unpaired) electrons. The summed E-state index contributed by atoms with van der Waals surface area (Å²) in [5, 5.41) is 18.7. The molecule has 1 atom stereocenters. The highest BCUT2D eigenvalue weighted by molar-refractivity contribution is 8.18. The predicted molar refractivity (Wildman–Crippen MR) is 122 cm³/mol. The molecule has 1 aliphatic rings. The van der Waals surface area contributed by atoms with Gasteiger partial charge in [0, 0.05) is 6.54 Å². The fourth-order valence-corrected chi connectivity index (χ4v) is 4.02. The molecule has 1 amide bonds. The number of carbonyl (C=O) groups excluding carboxylic acids is 1. The minimum absolute atomic E-state index is 0.121. The third-order valence-electron chi connectivity index (χ3n) is 4.62. The molecule has 166 valence electrons. The van der Waals surface area contributed by atoms with Crippen LogP contribution in [0.3, 0.4) is 0 Å². The van der Waals surface area contributed by atoms with Gasteiger partial charge in [-0.3, -0.25) is 9.69 Å². The van der Waals surface area contributed by atoms with E-state index in [1.165, 1.54) is 28.8 Å². The number of thioether (sulfide) groups is 1. The Kier molecular flexibility index (Phi) is 7.32. The van der Waals surface area contributed by atoms with E-state index in [9.17, 15) is 14.4 Å². The van der Waals surface area contributed by atoms with Gasteiger partial charge in [-0.15, -0.1) is 0 Å². The van der Waals surface area contributed by atoms with Gasteiger partial charge in [0.15, 0.2) is 11.3 Å². The molecule has 32 heavy (non-hydrogen) atoms. The standard InChI is InChI=1S/C23H22N2O6S/c1-3-18(22(29)30)31-17-10-8-14(9-11-17)12-19-20(26)25(4-2)23(32-19)24-16-7-5-6-15(13-16)21(27)28/h5-13,18H,3-4H2,1-2H3,(H,27,28)(H,29,30)/b19-12-,24-23?. The third-order valence-corrected chi connectivity index (χ3v) is 5.63. The van der Waals surface area contributed by atoms with Gasteiger partial charge in [0.2, 0.25) is 0 Å². The molecule has 3 rings (SSSR count). The van der Waals surface area contributed by atoms with Gasteiger partial charge in [-0.2, -0.15) is 0 Å². The molecule has 1 saturated heterocycles. The first kappa shape index (κ1) is 23.1. The summed E-state index contributed by atoms with van der Waals surface area (Å²) >= 11 is 1.21. The molecule has 0 spiro atoms. The molecule has 2 aromatic rings. The number of carbonyl (C=O) groups is 3. The van der Waals surface area contributed by atoms with E-state index < -0.39 is 18.0 Å². The number of hydrogen-bond acceptors (Lipinski definition) is 6. The Morgan fingerprint density at radius 1 is 1.16 bits per heavy atom. The molecule has 0 aromatic heterocycles. The van der Waals surface area contributed by atoms with Gasteiger partial charge in [0.1, 0.15) is 5.75 Å². The van der Waals surface area contributed by atoms with Crippen molar-refractivity contribution < 1.29 is 29.3 Å². The Morgan fingerprint density at radius 3 is 2.47 bits per heavy atom. The maximum Gasteiger partial charge on any atom is 0.344 e. The Bertz CT molecular complexity index is 1090. The van der Waals surface area contributed by atoms with Crippen molar-refractivity contribution in [1.82, 2.24) is 4.90 Å². The van der Waals surface area contributed by atoms with E-state index in [1.54, 1.807) is 49.4 Å². The lowest BCUT2D eigenvalue weighted by Gasteiger charge is -2.13. The average molecular weight is 455 g/mol. The van der Waals surface area contributed by atoms with Crippen LogP contribution in [0, 0.1) is 0 Å². The number of hydrogen-bond donors (Lipinski definition) is 2. The van der Waals surface area contributed by atoms with Crippen molar-refractivity contribution in [3.8, 4) is 5.75 Å². The van der Waals surface area contributed by atoms with Crippen LogP contribution in [0.5, 0.6) is 5.75 Å². The third kappa shape index (κ3) is 5.36. The second-order valence-electron chi connectivity index (χ2n) is 6.83. The lowest BCUT2D eigenvalue weighted by molar-refractivity contribution is -0.145. The summed E-state index contributed by atoms with van der Waals surface area (Å²) in [6.45, 7) is 3.99. The number of carboxylic acid groups (broad SMARTS) is 2. The number of ether oxygens (including phenoxy) is 1. The molecule has 2 aromatic carbocycles. The lowest BCUT2D eigenvalue weighted by atomic mass is 10.2. The van der Waals surface area contributed by atoms with E-state index >= 15 is 0 Å². The van der Waals surface area contributed by atoms with E-state index in [4.69, 9.17) is 14.9 Å². The summed E-state index contributed by atoms with van der Waals surface area (Å²) in [7, 11) is 0. The summed E-state index contributed by atoms with van der Waals surface area (Å²) < 4.78 is 5.45. The maximum atomic E-state index is 12.8. The number of rotatable bonds is 8. The molecule has 9 heteroatoms. The quantitative estimate of drug-likeness (QED) is 0.573. The maximum absolute atomic E-state index is 12.8. The highest BCUT2D eigenvalue weighted by Gasteiger charge is 2.32. The zero-order valence-electron chi connectivity index (χ0n) is 17.5. The van der Waals surface area contributed by atoms with Gasteiger partial charge >= 0.3 is 11.9 Å². The van der Waals surface area contributed by atoms with Gasteiger partial charge in [-0.05, 0) is 67.1 Å². The van der Waals surface area contributed by atoms with E-state index in [0.29, 0.717) is 34.5 Å². The molecular formula is C23H22N2O6S. The second kappa shape index (κ2) is 10.1. The van der Waals surface area contributed by atoms with Crippen LogP contribution < -0.4 is 4.74 Å². The summed E-state index contributed by atoms with van der Waals surface area (Å²) in [6.07, 6.45) is 1.16. The van der Waals surface area contributed by atoms with Crippen molar-refractivity contribution in [2.45, 2.75) is 26.4 Å². The number of amides is 1. The first-order chi connectivity index (χ1) is 15.3. The molecule has 8 nitrogen and oxygen atoms in total. The first-order valence-electron chi connectivity index (χ1n) is 9.95. The largest absolute Gasteiger partial charge is 0.479 e. The number of nitrogens with zero attached hydrogens (tertiary/aromatic N) is 2. The number of aliphatic imine (C=N–C) groups is 1. The smallest absolute Gasteiger partial charge is 0.344 e. The Hall–Kier alpha value is -3.59. The van der Waals surface area contributed by atoms with Crippen molar-refractivity contribution in [2.75, 3.05) is 6.54 Å². The number of carboxylic acids is 2. The van der Waals surface area contributed by atoms with Crippen molar-refractivity contribution in [1.29, 1.82) is 0 Å². The monoisotopic (exact) mass is 454 g/mol. The fraction of sp³-hybridized carbons (Fsp3) is 0.217. The summed E-state index contributed by atoms with van der Waals surface area (Å²) in [6, 6.07) is 13.0. The summed E-state index contributed by atoms with van der Waals surface area (Å²) in [4.78, 5) is 41.6. The SMILES string of the molecule is CCC(Oc1ccc(/C=C2\SC(=Nc3cccc(C(=O)O)c3)N(CC)C2=O)cc1)C(=O)O. The van der Waals surface area contributed by atoms with Crippen LogP contribution in [-0.4, -0.2) is 50.8 Å². The molecular weight excluding hydrogens is 432 g/mol. The Labute approximate surface area is 189 Å². The normalized spacial score (nSPS) is 17.1. The zero-order chi connectivity index (χ0) is 23.3. The van der Waals surface area contributed by atoms with Gasteiger partial charge in [-0.25, -0.2) is 14.6 Å². The number of aromatic carboxylic acids is 1. The minimum Gasteiger partial charge on any atom is -0.479 e. The highest BCUT2D eigenvalue weighted by atomic mass is 32.2. The lowest BCUT2D eigenvalue weighted by Crippen LogP contribution is -2.28. The van der Waals surface area contributed by atoms with E-state index in [0.717, 1.165) is 5.56 Å². The van der Waals surface area contributed by atoms with Crippen LogP contribution in [0.1, 0.15) is 36.2 Å². The average Bonchev–Trinajstić information content (AvgIpc) is 3.06. The van der Waals surface area contributed by atoms with Crippen LogP contribution in [0.25, 0.3) is 6.08 Å². The van der Waals surface area contributed by atoms with Crippen molar-refractivity contribution in [2.24, 2.45) is 4.99 Å². The minimum atomic E-state index is -1.05. The van der Waals surface area contributed by atoms with Gasteiger partial charge in [0.05, 0.1) is 16.2 Å². The van der Waals surface area contributed by atoms with Gasteiger partial charge in [0.25, 0.3) is 5.91 Å². The first-order valence-corrected chi connectivity index (χ1v) is 10.8. The molecule has 1 heterocycles. The number of aliphatic carboxylic acids is 1. The summed E-state index contributed by atoms with van der Waals surface area (Å²) in [5.74, 6) is -1.83. The molecule has 1 fully saturated rings. The van der Waals surface area contributed by atoms with Crippen LogP contribution in [0.15, 0.2) is 58.4 Å². The van der Waals surface area contributed by atoms with E-state index in [-0.39, 0.29) is 11.5 Å². The highest BCUT2D eigenvalue weighted by Crippen LogP contribution is 2.34. The molecule has 1 aliphatic heterocycles. The van der Waals surface area contributed by atoms with Gasteiger partial charge < -0.3 is 14.9 Å². The fourth-order valence-electron chi connectivity index (χ4n) is 2.96. The van der Waals surface area contributed by atoms with Crippen LogP contribution in [0.4, 0.5) is 5.69 Å². The molecule has 0 bridgehead atoms. The zero-order valence-corrected chi connectivity index (χ0v) is 18.3. The van der Waals surface area contributed by atoms with E-state index in [1.807, 2.05) is 6.92 Å². The number of benzene rings is 2. The predicted octanol–water partition coefficient (Wildman–Crippen LogP) is 4.25. The van der Waals surface area contributed by atoms with Crippen molar-refractivity contribution in [3.63, 3.8) is 0 Å². The second-order valence-corrected chi connectivity index (χ2v) is 7.84. The number of likely N-dealkylation sites (N-methyl/N-ethyl adjacent to an activating group) is 1. The van der Waals surface area contributed by atoms with Crippen LogP contribution in [0.2, 0.25) is 0 Å². The van der Waals surface area contributed by atoms with Crippen molar-refractivity contribution in [3.05, 3.63) is 64.6 Å². The van der Waals surface area contributed by atoms with Crippen LogP contribution >= 0.6 is 11.8 Å². The van der Waals surface area contributed by atoms with E-state index in [2.05, 4.69) is 4.99 Å². The Morgan fingerprint density at radius 2 is 1.88 bits per heavy atom. The molecule has 0 aliphatic carbocycles. The molecule has 1 unspecified atom stereocenters. The topological polar surface area (TPSA) is 117 Å². The molecule has 0 saturated carbocycles. The van der Waals surface area contributed by atoms with Crippen molar-refractivity contribution >= 4 is 46.5 Å². The number of amidine groups is 1. The van der Waals surface area contributed by atoms with Gasteiger partial charge in [-0.1, -0.05) is 25.1 Å².